The Morgan fingerprint density at radius 3 is 3.11 bits per heavy atom. The van der Waals surface area contributed by atoms with Crippen LogP contribution in [0.4, 0.5) is 5.00 Å². The Morgan fingerprint density at radius 1 is 1.53 bits per heavy atom. The Bertz CT molecular complexity index is 551. The molecule has 0 fully saturated rings. The van der Waals surface area contributed by atoms with Crippen molar-refractivity contribution in [1.82, 2.24) is 19.7 Å². The second-order valence-corrected chi connectivity index (χ2v) is 4.49. The van der Waals surface area contributed by atoms with E-state index in [2.05, 4.69) is 20.5 Å². The molecule has 0 radical (unpaired) electrons. The Hall–Kier alpha value is -1.96. The van der Waals surface area contributed by atoms with Crippen molar-refractivity contribution in [2.24, 2.45) is 0 Å². The average molecular weight is 281 g/mol. The van der Waals surface area contributed by atoms with Gasteiger partial charge in [0.05, 0.1) is 18.7 Å². The number of nitrogens with zero attached hydrogens (tertiary/aromatic N) is 4. The van der Waals surface area contributed by atoms with Gasteiger partial charge in [0.1, 0.15) is 11.3 Å². The molecule has 2 aromatic rings. The van der Waals surface area contributed by atoms with Gasteiger partial charge in [-0.25, -0.2) is 9.78 Å². The van der Waals surface area contributed by atoms with E-state index < -0.39 is 5.97 Å². The molecule has 0 atom stereocenters. The van der Waals surface area contributed by atoms with Gasteiger partial charge < -0.3 is 14.6 Å². The van der Waals surface area contributed by atoms with E-state index in [0.29, 0.717) is 23.8 Å². The molecule has 7 nitrogen and oxygen atoms in total. The number of carbonyl (C=O) groups excluding carboxylic acids is 1. The zero-order valence-corrected chi connectivity index (χ0v) is 11.6. The summed E-state index contributed by atoms with van der Waals surface area (Å²) >= 11 is 1.36. The second-order valence-electron chi connectivity index (χ2n) is 3.64. The molecule has 19 heavy (non-hydrogen) atoms. The number of esters is 1. The molecule has 0 aliphatic heterocycles. The molecule has 8 heteroatoms. The molecule has 0 bridgehead atoms. The van der Waals surface area contributed by atoms with Crippen LogP contribution < -0.4 is 5.32 Å². The van der Waals surface area contributed by atoms with Crippen molar-refractivity contribution in [3.8, 4) is 0 Å². The first-order chi connectivity index (χ1) is 9.26. The summed E-state index contributed by atoms with van der Waals surface area (Å²) in [7, 11) is 0. The van der Waals surface area contributed by atoms with Crippen molar-refractivity contribution < 1.29 is 9.53 Å². The van der Waals surface area contributed by atoms with Crippen molar-refractivity contribution in [2.45, 2.75) is 26.9 Å². The normalized spacial score (nSPS) is 10.4. The molecule has 2 aromatic heterocycles. The molecule has 0 saturated heterocycles. The van der Waals surface area contributed by atoms with E-state index in [1.165, 1.54) is 11.3 Å². The molecule has 2 heterocycles. The van der Waals surface area contributed by atoms with Gasteiger partial charge in [0.25, 0.3) is 0 Å². The SMILES string of the molecule is CCOC(=O)c1ncsc1NCc1nncn1CC. The van der Waals surface area contributed by atoms with E-state index in [4.69, 9.17) is 4.74 Å². The van der Waals surface area contributed by atoms with Crippen LogP contribution in [0, 0.1) is 0 Å². The maximum absolute atomic E-state index is 11.7. The smallest absolute Gasteiger partial charge is 0.360 e. The number of thiazole rings is 1. The number of aromatic nitrogens is 4. The minimum absolute atomic E-state index is 0.314. The van der Waals surface area contributed by atoms with Gasteiger partial charge in [-0.15, -0.1) is 21.5 Å². The van der Waals surface area contributed by atoms with Crippen LogP contribution in [0.2, 0.25) is 0 Å². The predicted octanol–water partition coefficient (Wildman–Crippen LogP) is 1.54. The molecule has 1 N–H and O–H groups in total. The number of hydrogen-bond acceptors (Lipinski definition) is 7. The van der Waals surface area contributed by atoms with Crippen LogP contribution in [0.3, 0.4) is 0 Å². The summed E-state index contributed by atoms with van der Waals surface area (Å²) in [5.41, 5.74) is 1.92. The molecular weight excluding hydrogens is 266 g/mol. The molecule has 0 amide bonds. The van der Waals surface area contributed by atoms with Crippen molar-refractivity contribution >= 4 is 22.3 Å². The molecule has 102 valence electrons. The first-order valence-corrected chi connectivity index (χ1v) is 6.85. The summed E-state index contributed by atoms with van der Waals surface area (Å²) in [6.45, 7) is 5.41. The number of anilines is 1. The fourth-order valence-corrected chi connectivity index (χ4v) is 2.22. The predicted molar refractivity (Wildman–Crippen MR) is 71.1 cm³/mol. The summed E-state index contributed by atoms with van der Waals surface area (Å²) in [5, 5.41) is 11.7. The van der Waals surface area contributed by atoms with Crippen molar-refractivity contribution in [3.63, 3.8) is 0 Å². The Morgan fingerprint density at radius 2 is 2.37 bits per heavy atom. The third kappa shape index (κ3) is 3.08. The third-order valence-electron chi connectivity index (χ3n) is 2.48. The zero-order valence-electron chi connectivity index (χ0n) is 10.8. The highest BCUT2D eigenvalue weighted by Gasteiger charge is 2.16. The fraction of sp³-hybridized carbons (Fsp3) is 0.455. The number of nitrogens with one attached hydrogen (secondary N) is 1. The lowest BCUT2D eigenvalue weighted by atomic mass is 10.4. The highest BCUT2D eigenvalue weighted by atomic mass is 32.1. The molecule has 0 saturated carbocycles. The Kier molecular flexibility index (Phi) is 4.45. The van der Waals surface area contributed by atoms with Gasteiger partial charge in [-0.2, -0.15) is 0 Å². The van der Waals surface area contributed by atoms with E-state index in [9.17, 15) is 4.79 Å². The number of aryl methyl sites for hydroxylation is 1. The molecular formula is C11H15N5O2S. The summed E-state index contributed by atoms with van der Waals surface area (Å²) in [6, 6.07) is 0. The van der Waals surface area contributed by atoms with Gasteiger partial charge in [0.15, 0.2) is 11.5 Å². The summed E-state index contributed by atoms with van der Waals surface area (Å²) in [5.74, 6) is 0.397. The number of rotatable bonds is 6. The van der Waals surface area contributed by atoms with Crippen molar-refractivity contribution in [1.29, 1.82) is 0 Å². The quantitative estimate of drug-likeness (QED) is 0.809. The van der Waals surface area contributed by atoms with Crippen LogP contribution >= 0.6 is 11.3 Å². The third-order valence-corrected chi connectivity index (χ3v) is 3.26. The first kappa shape index (κ1) is 13.5. The van der Waals surface area contributed by atoms with Crippen LogP contribution in [0.1, 0.15) is 30.2 Å². The fourth-order valence-electron chi connectivity index (χ4n) is 1.56. The highest BCUT2D eigenvalue weighted by molar-refractivity contribution is 7.14. The summed E-state index contributed by atoms with van der Waals surface area (Å²) < 4.78 is 6.87. The molecule has 0 aliphatic carbocycles. The topological polar surface area (TPSA) is 81.9 Å². The van der Waals surface area contributed by atoms with Crippen LogP contribution in [-0.4, -0.2) is 32.3 Å². The zero-order chi connectivity index (χ0) is 13.7. The minimum Gasteiger partial charge on any atom is -0.461 e. The average Bonchev–Trinajstić information content (AvgIpc) is 3.05. The molecule has 2 rings (SSSR count). The van der Waals surface area contributed by atoms with Gasteiger partial charge in [0, 0.05) is 6.54 Å². The second kappa shape index (κ2) is 6.28. The molecule has 0 aromatic carbocycles. The van der Waals surface area contributed by atoms with Gasteiger partial charge in [-0.1, -0.05) is 0 Å². The lowest BCUT2D eigenvalue weighted by Crippen LogP contribution is -2.11. The van der Waals surface area contributed by atoms with E-state index in [1.807, 2.05) is 11.5 Å². The van der Waals surface area contributed by atoms with Gasteiger partial charge in [0.2, 0.25) is 0 Å². The monoisotopic (exact) mass is 281 g/mol. The van der Waals surface area contributed by atoms with Crippen molar-refractivity contribution in [2.75, 3.05) is 11.9 Å². The summed E-state index contributed by atoms with van der Waals surface area (Å²) in [6.07, 6.45) is 1.68. The Labute approximate surface area is 114 Å². The maximum Gasteiger partial charge on any atom is 0.360 e. The number of carbonyl (C=O) groups is 1. The largest absolute Gasteiger partial charge is 0.461 e. The Balaban J connectivity index is 2.04. The van der Waals surface area contributed by atoms with Crippen LogP contribution in [0.5, 0.6) is 0 Å². The van der Waals surface area contributed by atoms with Crippen LogP contribution in [-0.2, 0) is 17.8 Å². The van der Waals surface area contributed by atoms with Gasteiger partial charge >= 0.3 is 5.97 Å². The maximum atomic E-state index is 11.7. The van der Waals surface area contributed by atoms with E-state index >= 15 is 0 Å². The van der Waals surface area contributed by atoms with E-state index in [0.717, 1.165) is 12.4 Å². The molecule has 0 spiro atoms. The van der Waals surface area contributed by atoms with Gasteiger partial charge in [-0.3, -0.25) is 0 Å². The van der Waals surface area contributed by atoms with Crippen LogP contribution in [0.25, 0.3) is 0 Å². The molecule has 0 unspecified atom stereocenters. The molecule has 0 aliphatic rings. The lowest BCUT2D eigenvalue weighted by Gasteiger charge is -2.06. The van der Waals surface area contributed by atoms with E-state index in [1.54, 1.807) is 18.8 Å². The number of hydrogen-bond donors (Lipinski definition) is 1. The van der Waals surface area contributed by atoms with Crippen LogP contribution in [0.15, 0.2) is 11.8 Å². The number of ether oxygens (including phenoxy) is 1. The van der Waals surface area contributed by atoms with Gasteiger partial charge in [-0.05, 0) is 13.8 Å². The van der Waals surface area contributed by atoms with E-state index in [-0.39, 0.29) is 0 Å². The lowest BCUT2D eigenvalue weighted by molar-refractivity contribution is 0.0521. The van der Waals surface area contributed by atoms with Crippen molar-refractivity contribution in [3.05, 3.63) is 23.4 Å². The highest BCUT2D eigenvalue weighted by Crippen LogP contribution is 2.21. The summed E-state index contributed by atoms with van der Waals surface area (Å²) in [4.78, 5) is 15.7. The first-order valence-electron chi connectivity index (χ1n) is 5.97. The minimum atomic E-state index is -0.414. The standard InChI is InChI=1S/C11H15N5O2S/c1-3-16-6-14-15-8(16)5-12-10-9(13-7-19-10)11(17)18-4-2/h6-7,12H,3-5H2,1-2H3.